The molecule has 2 nitrogen and oxygen atoms in total. The molecule has 0 radical (unpaired) electrons. The van der Waals surface area contributed by atoms with Gasteiger partial charge in [0.25, 0.3) is 0 Å². The Morgan fingerprint density at radius 3 is 2.80 bits per heavy atom. The molecule has 2 aromatic rings. The van der Waals surface area contributed by atoms with Crippen LogP contribution in [-0.2, 0) is 6.54 Å². The predicted octanol–water partition coefficient (Wildman–Crippen LogP) is 3.27. The van der Waals surface area contributed by atoms with Gasteiger partial charge in [0.05, 0.1) is 11.6 Å². The molecular weight excluding hydrogens is 246 g/mol. The molecule has 0 amide bonds. The summed E-state index contributed by atoms with van der Waals surface area (Å²) in [5.74, 6) is 0.975. The summed E-state index contributed by atoms with van der Waals surface area (Å²) < 4.78 is 5.82. The van der Waals surface area contributed by atoms with Crippen molar-refractivity contribution < 1.29 is 10.1 Å². The molecule has 2 heteroatoms. The number of quaternary nitrogens is 1. The second-order valence-corrected chi connectivity index (χ2v) is 5.19. The largest absolute Gasteiger partial charge is 0.489 e. The van der Waals surface area contributed by atoms with Crippen molar-refractivity contribution in [3.63, 3.8) is 0 Å². The van der Waals surface area contributed by atoms with Crippen LogP contribution in [0.1, 0.15) is 25.8 Å². The van der Waals surface area contributed by atoms with Gasteiger partial charge < -0.3 is 10.1 Å². The molecule has 0 aliphatic heterocycles. The highest BCUT2D eigenvalue weighted by Crippen LogP contribution is 2.27. The van der Waals surface area contributed by atoms with E-state index in [0.29, 0.717) is 12.6 Å². The first-order valence-electron chi connectivity index (χ1n) is 7.34. The lowest BCUT2D eigenvalue weighted by atomic mass is 10.0. The van der Waals surface area contributed by atoms with Crippen LogP contribution < -0.4 is 10.1 Å². The van der Waals surface area contributed by atoms with Crippen molar-refractivity contribution in [2.45, 2.75) is 32.9 Å². The average molecular weight is 270 g/mol. The van der Waals surface area contributed by atoms with Gasteiger partial charge in [-0.15, -0.1) is 0 Å². The number of nitrogens with two attached hydrogens (primary N) is 1. The lowest BCUT2D eigenvalue weighted by Gasteiger charge is -2.14. The molecule has 0 heterocycles. The zero-order valence-electron chi connectivity index (χ0n) is 12.4. The van der Waals surface area contributed by atoms with Crippen LogP contribution in [0.5, 0.6) is 5.75 Å². The molecule has 0 aliphatic rings. The molecule has 20 heavy (non-hydrogen) atoms. The first-order chi connectivity index (χ1) is 9.76. The van der Waals surface area contributed by atoms with Crippen LogP contribution in [0.25, 0.3) is 10.8 Å². The summed E-state index contributed by atoms with van der Waals surface area (Å²) in [6.45, 7) is 9.70. The highest BCUT2D eigenvalue weighted by molar-refractivity contribution is 5.87. The van der Waals surface area contributed by atoms with E-state index in [4.69, 9.17) is 4.74 Å². The molecule has 0 spiro atoms. The fourth-order valence-corrected chi connectivity index (χ4v) is 2.30. The number of rotatable bonds is 7. The van der Waals surface area contributed by atoms with E-state index in [0.717, 1.165) is 12.3 Å². The maximum Gasteiger partial charge on any atom is 0.129 e. The summed E-state index contributed by atoms with van der Waals surface area (Å²) in [5.41, 5.74) is 1.28. The summed E-state index contributed by atoms with van der Waals surface area (Å²) in [7, 11) is 0. The van der Waals surface area contributed by atoms with E-state index in [2.05, 4.69) is 62.1 Å². The minimum atomic E-state index is 0.550. The number of ether oxygens (including phenoxy) is 1. The van der Waals surface area contributed by atoms with Crippen LogP contribution >= 0.6 is 0 Å². The van der Waals surface area contributed by atoms with Crippen molar-refractivity contribution in [2.75, 3.05) is 6.61 Å². The highest BCUT2D eigenvalue weighted by Gasteiger charge is 2.12. The molecule has 2 N–H and O–H groups in total. The Morgan fingerprint density at radius 2 is 2.05 bits per heavy atom. The molecule has 0 saturated carbocycles. The van der Waals surface area contributed by atoms with Gasteiger partial charge in [0.1, 0.15) is 18.9 Å². The summed E-state index contributed by atoms with van der Waals surface area (Å²) >= 11 is 0. The minimum absolute atomic E-state index is 0.550. The van der Waals surface area contributed by atoms with E-state index >= 15 is 0 Å². The molecular formula is C18H24NO+. The average Bonchev–Trinajstić information content (AvgIpc) is 2.50. The number of hydrogen-bond acceptors (Lipinski definition) is 1. The molecule has 1 atom stereocenters. The standard InChI is InChI=1S/C18H23NO/c1-4-12-20-18-11-10-15-8-6-7-9-16(15)17(18)13-19-14(3)5-2/h4,6-11,14,19H,1,5,12-13H2,2-3H3/p+1/t14-/m1/s1. The molecule has 0 aromatic heterocycles. The summed E-state index contributed by atoms with van der Waals surface area (Å²) in [4.78, 5) is 0. The zero-order chi connectivity index (χ0) is 14.4. The maximum atomic E-state index is 5.82. The van der Waals surface area contributed by atoms with Gasteiger partial charge in [0.15, 0.2) is 0 Å². The third-order valence-electron chi connectivity index (χ3n) is 3.72. The van der Waals surface area contributed by atoms with Crippen molar-refractivity contribution in [3.05, 3.63) is 54.6 Å². The van der Waals surface area contributed by atoms with Crippen LogP contribution in [0.15, 0.2) is 49.1 Å². The highest BCUT2D eigenvalue weighted by atomic mass is 16.5. The Balaban J connectivity index is 2.36. The second kappa shape index (κ2) is 7.11. The smallest absolute Gasteiger partial charge is 0.129 e. The third-order valence-corrected chi connectivity index (χ3v) is 3.72. The Bertz CT molecular complexity index is 577. The Kier molecular flexibility index (Phi) is 5.19. The van der Waals surface area contributed by atoms with Crippen LogP contribution in [0.3, 0.4) is 0 Å². The van der Waals surface area contributed by atoms with Crippen LogP contribution in [0, 0.1) is 0 Å². The number of fused-ring (bicyclic) bond motifs is 1. The summed E-state index contributed by atoms with van der Waals surface area (Å²) in [6.07, 6.45) is 2.96. The monoisotopic (exact) mass is 270 g/mol. The Hall–Kier alpha value is -1.80. The lowest BCUT2D eigenvalue weighted by molar-refractivity contribution is -0.701. The minimum Gasteiger partial charge on any atom is -0.489 e. The molecule has 0 aliphatic carbocycles. The molecule has 106 valence electrons. The normalized spacial score (nSPS) is 12.3. The van der Waals surface area contributed by atoms with Gasteiger partial charge in [0.2, 0.25) is 0 Å². The molecule has 0 fully saturated rings. The van der Waals surface area contributed by atoms with E-state index in [1.54, 1.807) is 6.08 Å². The first kappa shape index (κ1) is 14.6. The summed E-state index contributed by atoms with van der Waals surface area (Å²) in [6, 6.07) is 13.3. The van der Waals surface area contributed by atoms with E-state index in [-0.39, 0.29) is 0 Å². The van der Waals surface area contributed by atoms with Crippen molar-refractivity contribution in [2.24, 2.45) is 0 Å². The van der Waals surface area contributed by atoms with Gasteiger partial charge in [-0.25, -0.2) is 0 Å². The van der Waals surface area contributed by atoms with Crippen LogP contribution in [0.4, 0.5) is 0 Å². The molecule has 2 aromatic carbocycles. The van der Waals surface area contributed by atoms with Gasteiger partial charge in [0, 0.05) is 0 Å². The maximum absolute atomic E-state index is 5.82. The first-order valence-corrected chi connectivity index (χ1v) is 7.34. The molecule has 0 saturated heterocycles. The zero-order valence-corrected chi connectivity index (χ0v) is 12.4. The second-order valence-electron chi connectivity index (χ2n) is 5.19. The fourth-order valence-electron chi connectivity index (χ4n) is 2.30. The third kappa shape index (κ3) is 3.40. The van der Waals surface area contributed by atoms with E-state index < -0.39 is 0 Å². The van der Waals surface area contributed by atoms with Crippen molar-refractivity contribution >= 4 is 10.8 Å². The Morgan fingerprint density at radius 1 is 1.25 bits per heavy atom. The van der Waals surface area contributed by atoms with E-state index in [1.807, 2.05) is 0 Å². The van der Waals surface area contributed by atoms with Crippen molar-refractivity contribution in [1.82, 2.24) is 0 Å². The lowest BCUT2D eigenvalue weighted by Crippen LogP contribution is -2.87. The van der Waals surface area contributed by atoms with Gasteiger partial charge >= 0.3 is 0 Å². The quantitative estimate of drug-likeness (QED) is 0.768. The van der Waals surface area contributed by atoms with Gasteiger partial charge in [-0.2, -0.15) is 0 Å². The van der Waals surface area contributed by atoms with Crippen LogP contribution in [0.2, 0.25) is 0 Å². The molecule has 0 unspecified atom stereocenters. The fraction of sp³-hybridized carbons (Fsp3) is 0.333. The van der Waals surface area contributed by atoms with Gasteiger partial charge in [-0.1, -0.05) is 49.9 Å². The SMILES string of the molecule is C=CCOc1ccc2ccccc2c1C[NH2+][C@H](C)CC. The van der Waals surface area contributed by atoms with Crippen LogP contribution in [-0.4, -0.2) is 12.6 Å². The Labute approximate surface area is 121 Å². The predicted molar refractivity (Wildman–Crippen MR) is 85.0 cm³/mol. The van der Waals surface area contributed by atoms with E-state index in [9.17, 15) is 0 Å². The molecule has 2 rings (SSSR count). The number of benzene rings is 2. The van der Waals surface area contributed by atoms with Crippen molar-refractivity contribution in [1.29, 1.82) is 0 Å². The van der Waals surface area contributed by atoms with Gasteiger partial charge in [-0.3, -0.25) is 0 Å². The summed E-state index contributed by atoms with van der Waals surface area (Å²) in [5, 5.41) is 4.93. The van der Waals surface area contributed by atoms with E-state index in [1.165, 1.54) is 22.8 Å². The van der Waals surface area contributed by atoms with Crippen molar-refractivity contribution in [3.8, 4) is 5.75 Å². The number of hydrogen-bond donors (Lipinski definition) is 1. The molecule has 0 bridgehead atoms. The topological polar surface area (TPSA) is 25.8 Å². The van der Waals surface area contributed by atoms with Gasteiger partial charge in [-0.05, 0) is 30.2 Å².